The molecule has 2 nitrogen and oxygen atoms in total. The fraction of sp³-hybridized carbons (Fsp3) is 1.00. The van der Waals surface area contributed by atoms with Crippen LogP contribution in [0.1, 0.15) is 38.5 Å². The second-order valence-electron chi connectivity index (χ2n) is 6.03. The van der Waals surface area contributed by atoms with Crippen LogP contribution in [0.25, 0.3) is 0 Å². The van der Waals surface area contributed by atoms with Crippen LogP contribution in [0.5, 0.6) is 0 Å². The first-order valence-electron chi connectivity index (χ1n) is 6.69. The van der Waals surface area contributed by atoms with Crippen molar-refractivity contribution in [1.82, 2.24) is 4.90 Å². The average Bonchev–Trinajstić information content (AvgIpc) is 2.13. The minimum Gasteiger partial charge on any atom is -0.393 e. The van der Waals surface area contributed by atoms with Crippen molar-refractivity contribution in [2.45, 2.75) is 50.6 Å². The Balaban J connectivity index is 1.69. The van der Waals surface area contributed by atoms with Crippen molar-refractivity contribution in [2.75, 3.05) is 20.1 Å². The van der Waals surface area contributed by atoms with Crippen LogP contribution >= 0.6 is 0 Å². The molecule has 0 spiro atoms. The van der Waals surface area contributed by atoms with E-state index in [1.165, 1.54) is 0 Å². The molecule has 0 radical (unpaired) electrons. The van der Waals surface area contributed by atoms with Gasteiger partial charge in [0.1, 0.15) is 0 Å². The molecule has 4 heteroatoms. The summed E-state index contributed by atoms with van der Waals surface area (Å²) in [7, 11) is 2.01. The van der Waals surface area contributed by atoms with Gasteiger partial charge in [-0.25, -0.2) is 8.78 Å². The van der Waals surface area contributed by atoms with Crippen LogP contribution in [0.3, 0.4) is 0 Å². The Bertz CT molecular complexity index is 254. The molecule has 2 fully saturated rings. The molecule has 0 heterocycles. The summed E-state index contributed by atoms with van der Waals surface area (Å²) in [6, 6.07) is 0. The topological polar surface area (TPSA) is 23.5 Å². The van der Waals surface area contributed by atoms with Crippen LogP contribution < -0.4 is 0 Å². The van der Waals surface area contributed by atoms with Crippen molar-refractivity contribution in [1.29, 1.82) is 0 Å². The first-order chi connectivity index (χ1) is 7.94. The number of aliphatic hydroxyl groups excluding tert-OH is 1. The Morgan fingerprint density at radius 1 is 1.24 bits per heavy atom. The lowest BCUT2D eigenvalue weighted by Crippen LogP contribution is -2.40. The minimum absolute atomic E-state index is 0.0602. The summed E-state index contributed by atoms with van der Waals surface area (Å²) in [5, 5.41) is 9.20. The number of aliphatic hydroxyl groups is 1. The summed E-state index contributed by atoms with van der Waals surface area (Å²) < 4.78 is 26.5. The molecule has 2 saturated carbocycles. The van der Waals surface area contributed by atoms with Gasteiger partial charge in [0.05, 0.1) is 6.10 Å². The molecule has 0 bridgehead atoms. The van der Waals surface area contributed by atoms with Gasteiger partial charge in [0.2, 0.25) is 5.92 Å². The summed E-state index contributed by atoms with van der Waals surface area (Å²) in [6.07, 6.45) is 3.37. The van der Waals surface area contributed by atoms with E-state index in [2.05, 4.69) is 4.90 Å². The molecule has 17 heavy (non-hydrogen) atoms. The maximum Gasteiger partial charge on any atom is 0.248 e. The van der Waals surface area contributed by atoms with Gasteiger partial charge >= 0.3 is 0 Å². The quantitative estimate of drug-likeness (QED) is 0.825. The zero-order valence-electron chi connectivity index (χ0n) is 10.5. The summed E-state index contributed by atoms with van der Waals surface area (Å²) in [5.74, 6) is -1.72. The maximum atomic E-state index is 13.2. The molecule has 1 atom stereocenters. The van der Waals surface area contributed by atoms with Gasteiger partial charge in [-0.05, 0) is 44.6 Å². The second kappa shape index (κ2) is 5.19. The van der Waals surface area contributed by atoms with Crippen molar-refractivity contribution in [3.05, 3.63) is 0 Å². The van der Waals surface area contributed by atoms with E-state index in [0.29, 0.717) is 12.3 Å². The monoisotopic (exact) mass is 247 g/mol. The zero-order valence-corrected chi connectivity index (χ0v) is 10.5. The first kappa shape index (κ1) is 13.2. The van der Waals surface area contributed by atoms with Crippen molar-refractivity contribution in [3.8, 4) is 0 Å². The predicted molar refractivity (Wildman–Crippen MR) is 63.1 cm³/mol. The van der Waals surface area contributed by atoms with Crippen LogP contribution in [0, 0.1) is 11.8 Å². The molecule has 0 aromatic heterocycles. The highest BCUT2D eigenvalue weighted by atomic mass is 19.3. The van der Waals surface area contributed by atoms with Gasteiger partial charge in [-0.15, -0.1) is 0 Å². The van der Waals surface area contributed by atoms with E-state index in [1.54, 1.807) is 0 Å². The van der Waals surface area contributed by atoms with Crippen molar-refractivity contribution < 1.29 is 13.9 Å². The van der Waals surface area contributed by atoms with E-state index in [9.17, 15) is 13.9 Å². The van der Waals surface area contributed by atoms with Gasteiger partial charge in [0.15, 0.2) is 0 Å². The lowest BCUT2D eigenvalue weighted by molar-refractivity contribution is -0.0575. The zero-order chi connectivity index (χ0) is 12.5. The largest absolute Gasteiger partial charge is 0.393 e. The summed E-state index contributed by atoms with van der Waals surface area (Å²) in [4.78, 5) is 2.17. The number of nitrogens with zero attached hydrogens (tertiary/aromatic N) is 1. The summed E-state index contributed by atoms with van der Waals surface area (Å²) >= 11 is 0. The van der Waals surface area contributed by atoms with Gasteiger partial charge < -0.3 is 10.0 Å². The molecule has 0 amide bonds. The Kier molecular flexibility index (Phi) is 4.03. The van der Waals surface area contributed by atoms with E-state index in [4.69, 9.17) is 0 Å². The van der Waals surface area contributed by atoms with E-state index >= 15 is 0 Å². The standard InChI is InChI=1S/C13H23F2NO/c1-16(9-11-5-12(17)6-11)8-10-3-2-4-13(14,15)7-10/h10-12,17H,2-9H2,1H3. The van der Waals surface area contributed by atoms with Crippen LogP contribution in [-0.4, -0.2) is 42.2 Å². The maximum absolute atomic E-state index is 13.2. The third-order valence-corrected chi connectivity index (χ3v) is 4.09. The SMILES string of the molecule is CN(CC1CC(O)C1)CC1CCCC(F)(F)C1. The number of hydrogen-bond donors (Lipinski definition) is 1. The van der Waals surface area contributed by atoms with Crippen molar-refractivity contribution >= 4 is 0 Å². The van der Waals surface area contributed by atoms with Crippen LogP contribution in [-0.2, 0) is 0 Å². The van der Waals surface area contributed by atoms with Crippen LogP contribution in [0.2, 0.25) is 0 Å². The molecule has 100 valence electrons. The summed E-state index contributed by atoms with van der Waals surface area (Å²) in [6.45, 7) is 1.72. The number of hydrogen-bond acceptors (Lipinski definition) is 2. The van der Waals surface area contributed by atoms with Gasteiger partial charge in [0, 0.05) is 25.9 Å². The molecule has 0 saturated heterocycles. The van der Waals surface area contributed by atoms with E-state index in [1.807, 2.05) is 7.05 Å². The van der Waals surface area contributed by atoms with E-state index in [-0.39, 0.29) is 24.9 Å². The highest BCUT2D eigenvalue weighted by Crippen LogP contribution is 2.37. The molecular formula is C13H23F2NO. The van der Waals surface area contributed by atoms with Gasteiger partial charge in [-0.1, -0.05) is 0 Å². The third-order valence-electron chi connectivity index (χ3n) is 4.09. The van der Waals surface area contributed by atoms with Crippen LogP contribution in [0.15, 0.2) is 0 Å². The predicted octanol–water partition coefficient (Wildman–Crippen LogP) is 2.51. The van der Waals surface area contributed by atoms with E-state index < -0.39 is 5.92 Å². The van der Waals surface area contributed by atoms with Gasteiger partial charge in [-0.2, -0.15) is 0 Å². The molecule has 0 aromatic carbocycles. The molecule has 2 aliphatic carbocycles. The third kappa shape index (κ3) is 3.88. The fourth-order valence-corrected chi connectivity index (χ4v) is 3.24. The molecule has 0 aromatic rings. The van der Waals surface area contributed by atoms with Gasteiger partial charge in [0.25, 0.3) is 0 Å². The molecule has 0 aliphatic heterocycles. The lowest BCUT2D eigenvalue weighted by atomic mass is 9.81. The summed E-state index contributed by atoms with van der Waals surface area (Å²) in [5.41, 5.74) is 0. The Morgan fingerprint density at radius 3 is 2.47 bits per heavy atom. The number of halogens is 2. The molecule has 2 rings (SSSR count). The Hall–Kier alpha value is -0.220. The molecule has 1 unspecified atom stereocenters. The highest BCUT2D eigenvalue weighted by Gasteiger charge is 2.36. The second-order valence-corrected chi connectivity index (χ2v) is 6.03. The minimum atomic E-state index is -2.43. The molecule has 1 N–H and O–H groups in total. The molecular weight excluding hydrogens is 224 g/mol. The number of alkyl halides is 2. The normalized spacial score (nSPS) is 36.9. The molecule has 2 aliphatic rings. The Morgan fingerprint density at radius 2 is 1.88 bits per heavy atom. The highest BCUT2D eigenvalue weighted by molar-refractivity contribution is 4.83. The van der Waals surface area contributed by atoms with Crippen molar-refractivity contribution in [3.63, 3.8) is 0 Å². The van der Waals surface area contributed by atoms with Crippen LogP contribution in [0.4, 0.5) is 8.78 Å². The smallest absolute Gasteiger partial charge is 0.248 e. The first-order valence-corrected chi connectivity index (χ1v) is 6.69. The lowest BCUT2D eigenvalue weighted by Gasteiger charge is -2.37. The average molecular weight is 247 g/mol. The Labute approximate surface area is 102 Å². The fourth-order valence-electron chi connectivity index (χ4n) is 3.24. The van der Waals surface area contributed by atoms with Crippen molar-refractivity contribution in [2.24, 2.45) is 11.8 Å². The number of rotatable bonds is 4. The van der Waals surface area contributed by atoms with E-state index in [0.717, 1.165) is 32.4 Å². The van der Waals surface area contributed by atoms with Gasteiger partial charge in [-0.3, -0.25) is 0 Å².